The number of nitrogens with zero attached hydrogens (tertiary/aromatic N) is 1. The molecular formula is C22H25F4N3O3S. The number of sulfonamides is 1. The van der Waals surface area contributed by atoms with E-state index in [1.54, 1.807) is 0 Å². The molecule has 0 fully saturated rings. The van der Waals surface area contributed by atoms with E-state index in [0.29, 0.717) is 23.1 Å². The molecule has 0 saturated carbocycles. The van der Waals surface area contributed by atoms with Crippen LogP contribution in [0.4, 0.5) is 23.2 Å². The maximum Gasteiger partial charge on any atom is 0.433 e. The molecule has 2 rings (SSSR count). The number of rotatable bonds is 8. The second kappa shape index (κ2) is 10.3. The Hall–Kier alpha value is -2.95. The molecule has 0 spiro atoms. The van der Waals surface area contributed by atoms with Gasteiger partial charge in [-0.2, -0.15) is 13.2 Å². The van der Waals surface area contributed by atoms with Crippen LogP contribution in [0.3, 0.4) is 0 Å². The summed E-state index contributed by atoms with van der Waals surface area (Å²) in [5, 5.41) is 2.56. The van der Waals surface area contributed by atoms with E-state index in [0.717, 1.165) is 24.5 Å². The molecule has 180 valence electrons. The van der Waals surface area contributed by atoms with Gasteiger partial charge in [0.2, 0.25) is 15.9 Å². The molecule has 1 amide bonds. The van der Waals surface area contributed by atoms with Gasteiger partial charge in [-0.1, -0.05) is 26.0 Å². The molecule has 0 bridgehead atoms. The van der Waals surface area contributed by atoms with Crippen LogP contribution in [0.2, 0.25) is 0 Å². The van der Waals surface area contributed by atoms with Crippen molar-refractivity contribution in [3.63, 3.8) is 0 Å². The zero-order chi connectivity index (χ0) is 25.0. The minimum absolute atomic E-state index is 0.0375. The number of amides is 1. The molecule has 0 aliphatic heterocycles. The van der Waals surface area contributed by atoms with Crippen molar-refractivity contribution in [2.24, 2.45) is 5.92 Å². The van der Waals surface area contributed by atoms with E-state index < -0.39 is 33.6 Å². The number of pyridine rings is 1. The summed E-state index contributed by atoms with van der Waals surface area (Å²) in [6.45, 7) is 5.18. The van der Waals surface area contributed by atoms with E-state index in [1.807, 2.05) is 13.8 Å². The highest BCUT2D eigenvalue weighted by atomic mass is 32.2. The zero-order valence-electron chi connectivity index (χ0n) is 18.5. The molecule has 11 heteroatoms. The summed E-state index contributed by atoms with van der Waals surface area (Å²) in [7, 11) is -3.65. The Balaban J connectivity index is 2.13. The number of alkyl halides is 3. The first-order chi connectivity index (χ1) is 15.2. The number of halogens is 4. The lowest BCUT2D eigenvalue weighted by Gasteiger charge is -2.12. The molecule has 0 unspecified atom stereocenters. The number of carbonyl (C=O) groups excluding carboxylic acids is 1. The SMILES string of the molecule is Cc1cc(CNC(=O)/C=C/c2ccc(C(F)(F)F)nc2CC(C)C)cc(F)c1NS(C)(=O)=O. The molecule has 0 radical (unpaired) electrons. The fraction of sp³-hybridized carbons (Fsp3) is 0.364. The second-order valence-corrected chi connectivity index (χ2v) is 9.77. The van der Waals surface area contributed by atoms with Crippen molar-refractivity contribution in [3.05, 3.63) is 64.2 Å². The molecule has 1 aromatic carbocycles. The molecular weight excluding hydrogens is 462 g/mol. The summed E-state index contributed by atoms with van der Waals surface area (Å²) in [4.78, 5) is 15.9. The predicted molar refractivity (Wildman–Crippen MR) is 118 cm³/mol. The first kappa shape index (κ1) is 26.3. The first-order valence-corrected chi connectivity index (χ1v) is 11.8. The summed E-state index contributed by atoms with van der Waals surface area (Å²) >= 11 is 0. The third-order valence-electron chi connectivity index (χ3n) is 4.42. The van der Waals surface area contributed by atoms with Crippen LogP contribution < -0.4 is 10.0 Å². The lowest BCUT2D eigenvalue weighted by atomic mass is 10.0. The van der Waals surface area contributed by atoms with Crippen molar-refractivity contribution in [1.29, 1.82) is 0 Å². The molecule has 2 aromatic rings. The molecule has 33 heavy (non-hydrogen) atoms. The van der Waals surface area contributed by atoms with Gasteiger partial charge in [-0.25, -0.2) is 17.8 Å². The Morgan fingerprint density at radius 1 is 1.21 bits per heavy atom. The lowest BCUT2D eigenvalue weighted by molar-refractivity contribution is -0.141. The van der Waals surface area contributed by atoms with E-state index in [4.69, 9.17) is 0 Å². The number of carbonyl (C=O) groups is 1. The highest BCUT2D eigenvalue weighted by Gasteiger charge is 2.32. The molecule has 2 N–H and O–H groups in total. The minimum Gasteiger partial charge on any atom is -0.348 e. The second-order valence-electron chi connectivity index (χ2n) is 8.02. The number of nitrogens with one attached hydrogen (secondary N) is 2. The smallest absolute Gasteiger partial charge is 0.348 e. The molecule has 0 saturated heterocycles. The summed E-state index contributed by atoms with van der Waals surface area (Å²) in [6, 6.07) is 4.76. The Bertz CT molecular complexity index is 1140. The van der Waals surface area contributed by atoms with Gasteiger partial charge in [0, 0.05) is 18.3 Å². The predicted octanol–water partition coefficient (Wildman–Crippen LogP) is 4.45. The van der Waals surface area contributed by atoms with Crippen molar-refractivity contribution in [1.82, 2.24) is 10.3 Å². The highest BCUT2D eigenvalue weighted by molar-refractivity contribution is 7.92. The first-order valence-electron chi connectivity index (χ1n) is 9.95. The third-order valence-corrected chi connectivity index (χ3v) is 4.99. The Morgan fingerprint density at radius 3 is 2.42 bits per heavy atom. The van der Waals surface area contributed by atoms with Gasteiger partial charge in [-0.15, -0.1) is 0 Å². The van der Waals surface area contributed by atoms with Crippen LogP contribution in [0.5, 0.6) is 0 Å². The van der Waals surface area contributed by atoms with Gasteiger partial charge < -0.3 is 5.32 Å². The zero-order valence-corrected chi connectivity index (χ0v) is 19.4. The summed E-state index contributed by atoms with van der Waals surface area (Å²) in [5.41, 5.74) is 0.211. The van der Waals surface area contributed by atoms with E-state index >= 15 is 0 Å². The molecule has 0 aliphatic rings. The number of aryl methyl sites for hydroxylation is 1. The lowest BCUT2D eigenvalue weighted by Crippen LogP contribution is -2.21. The topological polar surface area (TPSA) is 88.2 Å². The van der Waals surface area contributed by atoms with Crippen molar-refractivity contribution >= 4 is 27.7 Å². The van der Waals surface area contributed by atoms with Gasteiger partial charge in [-0.05, 0) is 54.2 Å². The minimum atomic E-state index is -4.56. The van der Waals surface area contributed by atoms with E-state index in [9.17, 15) is 30.8 Å². The normalized spacial score (nSPS) is 12.4. The van der Waals surface area contributed by atoms with Gasteiger partial charge >= 0.3 is 6.18 Å². The number of benzene rings is 1. The quantitative estimate of drug-likeness (QED) is 0.426. The van der Waals surface area contributed by atoms with Gasteiger partial charge in [0.25, 0.3) is 0 Å². The maximum absolute atomic E-state index is 14.3. The van der Waals surface area contributed by atoms with Crippen LogP contribution in [0.1, 0.15) is 41.9 Å². The highest BCUT2D eigenvalue weighted by Crippen LogP contribution is 2.29. The molecule has 6 nitrogen and oxygen atoms in total. The van der Waals surface area contributed by atoms with E-state index in [-0.39, 0.29) is 23.8 Å². The van der Waals surface area contributed by atoms with Crippen LogP contribution >= 0.6 is 0 Å². The molecule has 1 aromatic heterocycles. The number of anilines is 1. The number of hydrogen-bond donors (Lipinski definition) is 2. The average Bonchev–Trinajstić information content (AvgIpc) is 2.66. The summed E-state index contributed by atoms with van der Waals surface area (Å²) in [5.74, 6) is -1.27. The van der Waals surface area contributed by atoms with Gasteiger partial charge in [-0.3, -0.25) is 9.52 Å². The Labute approximate surface area is 190 Å². The maximum atomic E-state index is 14.3. The Morgan fingerprint density at radius 2 is 1.88 bits per heavy atom. The van der Waals surface area contributed by atoms with Crippen LogP contribution in [-0.4, -0.2) is 25.6 Å². The van der Waals surface area contributed by atoms with Crippen molar-refractivity contribution in [2.75, 3.05) is 11.0 Å². The van der Waals surface area contributed by atoms with Crippen LogP contribution in [0.15, 0.2) is 30.3 Å². The van der Waals surface area contributed by atoms with Crippen molar-refractivity contribution < 1.29 is 30.8 Å². The number of hydrogen-bond acceptors (Lipinski definition) is 4. The van der Waals surface area contributed by atoms with Crippen LogP contribution in [0, 0.1) is 18.7 Å². The summed E-state index contributed by atoms with van der Waals surface area (Å²) < 4.78 is 78.0. The molecule has 1 heterocycles. The fourth-order valence-corrected chi connectivity index (χ4v) is 3.65. The van der Waals surface area contributed by atoms with Crippen LogP contribution in [0.25, 0.3) is 6.08 Å². The summed E-state index contributed by atoms with van der Waals surface area (Å²) in [6.07, 6.45) is -0.810. The molecule has 0 aliphatic carbocycles. The van der Waals surface area contributed by atoms with Crippen LogP contribution in [-0.2, 0) is 34.0 Å². The monoisotopic (exact) mass is 487 g/mol. The average molecular weight is 488 g/mol. The number of aromatic nitrogens is 1. The van der Waals surface area contributed by atoms with E-state index in [1.165, 1.54) is 25.1 Å². The van der Waals surface area contributed by atoms with Gasteiger partial charge in [0.15, 0.2) is 0 Å². The standard InChI is InChI=1S/C22H25F4N3O3S/c1-13(2)9-18-16(5-7-19(28-18)22(24,25)26)6-8-20(30)27-12-15-10-14(3)21(17(23)11-15)29-33(4,31)32/h5-8,10-11,13,29H,9,12H2,1-4H3,(H,27,30)/b8-6+. The largest absolute Gasteiger partial charge is 0.433 e. The van der Waals surface area contributed by atoms with Crippen molar-refractivity contribution in [3.8, 4) is 0 Å². The third kappa shape index (κ3) is 8.16. The van der Waals surface area contributed by atoms with E-state index in [2.05, 4.69) is 15.0 Å². The molecule has 0 atom stereocenters. The Kier molecular flexibility index (Phi) is 8.23. The van der Waals surface area contributed by atoms with Gasteiger partial charge in [0.05, 0.1) is 11.9 Å². The van der Waals surface area contributed by atoms with Gasteiger partial charge in [0.1, 0.15) is 11.5 Å². The van der Waals surface area contributed by atoms with Crippen molar-refractivity contribution in [2.45, 2.75) is 39.9 Å². The fourth-order valence-electron chi connectivity index (χ4n) is 3.02.